The number of hydrogen-bond acceptors (Lipinski definition) is 5. The zero-order chi connectivity index (χ0) is 20.1. The van der Waals surface area contributed by atoms with E-state index in [1.807, 2.05) is 17.5 Å². The summed E-state index contributed by atoms with van der Waals surface area (Å²) in [7, 11) is 0. The normalized spacial score (nSPS) is 11.1. The summed E-state index contributed by atoms with van der Waals surface area (Å²) in [6.07, 6.45) is 3.43. The highest BCUT2D eigenvalue weighted by molar-refractivity contribution is 7.14. The van der Waals surface area contributed by atoms with Crippen molar-refractivity contribution in [1.29, 1.82) is 0 Å². The van der Waals surface area contributed by atoms with Gasteiger partial charge in [-0.1, -0.05) is 20.8 Å². The van der Waals surface area contributed by atoms with E-state index in [-0.39, 0.29) is 17.2 Å². The van der Waals surface area contributed by atoms with Crippen molar-refractivity contribution in [3.63, 3.8) is 0 Å². The molecule has 0 bridgehead atoms. The molecule has 0 radical (unpaired) electrons. The minimum Gasteiger partial charge on any atom is -0.352 e. The Balaban J connectivity index is 1.62. The molecule has 0 spiro atoms. The molecule has 0 saturated carbocycles. The summed E-state index contributed by atoms with van der Waals surface area (Å²) in [4.78, 5) is 33.1. The molecular weight excluding hydrogens is 372 g/mol. The van der Waals surface area contributed by atoms with E-state index in [1.54, 1.807) is 36.7 Å². The fraction of sp³-hybridized carbons (Fsp3) is 0.238. The number of benzene rings is 1. The van der Waals surface area contributed by atoms with E-state index in [9.17, 15) is 9.59 Å². The lowest BCUT2D eigenvalue weighted by atomic mass is 9.97. The Labute approximate surface area is 168 Å². The molecule has 0 aliphatic heterocycles. The molecule has 1 aromatic carbocycles. The van der Waals surface area contributed by atoms with Gasteiger partial charge in [-0.25, -0.2) is 4.98 Å². The topological polar surface area (TPSA) is 84.0 Å². The van der Waals surface area contributed by atoms with Gasteiger partial charge in [0.1, 0.15) is 0 Å². The predicted molar refractivity (Wildman–Crippen MR) is 112 cm³/mol. The van der Waals surface area contributed by atoms with Gasteiger partial charge in [0, 0.05) is 41.0 Å². The minimum absolute atomic E-state index is 0.0118. The minimum atomic E-state index is -0.270. The van der Waals surface area contributed by atoms with Crippen molar-refractivity contribution in [2.24, 2.45) is 5.41 Å². The molecule has 144 valence electrons. The van der Waals surface area contributed by atoms with E-state index in [1.165, 1.54) is 11.3 Å². The SMILES string of the molecule is CC(C)(C)CNC(=O)c1ccc(C(=O)Nc2nc(-c3cccnc3)cs2)cc1. The lowest BCUT2D eigenvalue weighted by molar-refractivity contribution is 0.0938. The maximum absolute atomic E-state index is 12.4. The zero-order valence-corrected chi connectivity index (χ0v) is 16.8. The van der Waals surface area contributed by atoms with Crippen molar-refractivity contribution >= 4 is 28.3 Å². The number of pyridine rings is 1. The number of nitrogens with one attached hydrogen (secondary N) is 2. The number of hydrogen-bond donors (Lipinski definition) is 2. The van der Waals surface area contributed by atoms with Crippen LogP contribution in [0.1, 0.15) is 41.5 Å². The van der Waals surface area contributed by atoms with E-state index >= 15 is 0 Å². The summed E-state index contributed by atoms with van der Waals surface area (Å²) >= 11 is 1.35. The monoisotopic (exact) mass is 394 g/mol. The Hall–Kier alpha value is -3.06. The van der Waals surface area contributed by atoms with Crippen LogP contribution in [0, 0.1) is 5.41 Å². The molecule has 6 nitrogen and oxygen atoms in total. The molecule has 0 unspecified atom stereocenters. The maximum Gasteiger partial charge on any atom is 0.257 e. The van der Waals surface area contributed by atoms with E-state index in [0.717, 1.165) is 11.3 Å². The van der Waals surface area contributed by atoms with Gasteiger partial charge in [0.25, 0.3) is 11.8 Å². The third-order valence-corrected chi connectivity index (χ3v) is 4.63. The van der Waals surface area contributed by atoms with Gasteiger partial charge >= 0.3 is 0 Å². The predicted octanol–water partition coefficient (Wildman–Crippen LogP) is 4.23. The first kappa shape index (κ1) is 19.7. The molecule has 2 amide bonds. The van der Waals surface area contributed by atoms with E-state index in [0.29, 0.717) is 22.8 Å². The van der Waals surface area contributed by atoms with E-state index in [4.69, 9.17) is 0 Å². The molecule has 28 heavy (non-hydrogen) atoms. The number of aromatic nitrogens is 2. The maximum atomic E-state index is 12.4. The van der Waals surface area contributed by atoms with Crippen LogP contribution in [0.4, 0.5) is 5.13 Å². The van der Waals surface area contributed by atoms with E-state index < -0.39 is 0 Å². The fourth-order valence-electron chi connectivity index (χ4n) is 2.37. The number of anilines is 1. The molecule has 0 fully saturated rings. The van der Waals surface area contributed by atoms with Gasteiger partial charge in [0.15, 0.2) is 5.13 Å². The third-order valence-electron chi connectivity index (χ3n) is 3.87. The number of rotatable bonds is 5. The van der Waals surface area contributed by atoms with Crippen LogP contribution in [0.3, 0.4) is 0 Å². The molecule has 2 aromatic heterocycles. The molecule has 7 heteroatoms. The molecule has 2 heterocycles. The second-order valence-electron chi connectivity index (χ2n) is 7.55. The molecule has 2 N–H and O–H groups in total. The van der Waals surface area contributed by atoms with Gasteiger partial charge in [0.05, 0.1) is 5.69 Å². The van der Waals surface area contributed by atoms with Crippen molar-refractivity contribution < 1.29 is 9.59 Å². The van der Waals surface area contributed by atoms with Gasteiger partial charge in [-0.05, 0) is 41.8 Å². The van der Waals surface area contributed by atoms with Gasteiger partial charge in [-0.3, -0.25) is 19.9 Å². The Morgan fingerprint density at radius 2 is 1.71 bits per heavy atom. The number of carbonyl (C=O) groups excluding carboxylic acids is 2. The number of thiazole rings is 1. The average molecular weight is 395 g/mol. The van der Waals surface area contributed by atoms with Crippen LogP contribution in [0.15, 0.2) is 54.2 Å². The summed E-state index contributed by atoms with van der Waals surface area (Å²) in [6, 6.07) is 10.3. The number of amides is 2. The fourth-order valence-corrected chi connectivity index (χ4v) is 3.08. The van der Waals surface area contributed by atoms with Crippen LogP contribution in [-0.2, 0) is 0 Å². The van der Waals surface area contributed by atoms with E-state index in [2.05, 4.69) is 41.4 Å². The molecule has 3 rings (SSSR count). The van der Waals surface area contributed by atoms with Crippen molar-refractivity contribution in [2.45, 2.75) is 20.8 Å². The lowest BCUT2D eigenvalue weighted by Crippen LogP contribution is -2.32. The average Bonchev–Trinajstić information content (AvgIpc) is 3.15. The molecule has 0 atom stereocenters. The smallest absolute Gasteiger partial charge is 0.257 e. The van der Waals surface area contributed by atoms with Crippen molar-refractivity contribution in [3.05, 3.63) is 65.3 Å². The second-order valence-corrected chi connectivity index (χ2v) is 8.41. The quantitative estimate of drug-likeness (QED) is 0.678. The molecule has 3 aromatic rings. The van der Waals surface area contributed by atoms with Gasteiger partial charge in [-0.15, -0.1) is 11.3 Å². The lowest BCUT2D eigenvalue weighted by Gasteiger charge is -2.18. The summed E-state index contributed by atoms with van der Waals surface area (Å²) < 4.78 is 0. The zero-order valence-electron chi connectivity index (χ0n) is 16.0. The van der Waals surface area contributed by atoms with Gasteiger partial charge in [0.2, 0.25) is 0 Å². The van der Waals surface area contributed by atoms with Crippen molar-refractivity contribution in [3.8, 4) is 11.3 Å². The summed E-state index contributed by atoms with van der Waals surface area (Å²) in [5, 5.41) is 8.06. The molecular formula is C21H22N4O2S. The Kier molecular flexibility index (Phi) is 5.84. The first-order valence-electron chi connectivity index (χ1n) is 8.87. The van der Waals surface area contributed by atoms with Crippen LogP contribution in [0.5, 0.6) is 0 Å². The first-order chi connectivity index (χ1) is 13.3. The van der Waals surface area contributed by atoms with Gasteiger partial charge in [-0.2, -0.15) is 0 Å². The van der Waals surface area contributed by atoms with Crippen LogP contribution >= 0.6 is 11.3 Å². The first-order valence-corrected chi connectivity index (χ1v) is 9.75. The number of nitrogens with zero attached hydrogens (tertiary/aromatic N) is 2. The summed E-state index contributed by atoms with van der Waals surface area (Å²) in [5.74, 6) is -0.420. The van der Waals surface area contributed by atoms with Gasteiger partial charge < -0.3 is 5.32 Å². The summed E-state index contributed by atoms with van der Waals surface area (Å²) in [6.45, 7) is 6.74. The summed E-state index contributed by atoms with van der Waals surface area (Å²) in [5.41, 5.74) is 2.65. The van der Waals surface area contributed by atoms with Crippen molar-refractivity contribution in [1.82, 2.24) is 15.3 Å². The van der Waals surface area contributed by atoms with Crippen LogP contribution in [0.25, 0.3) is 11.3 Å². The highest BCUT2D eigenvalue weighted by Gasteiger charge is 2.14. The third kappa shape index (κ3) is 5.23. The Bertz CT molecular complexity index is 960. The number of carbonyl (C=O) groups is 2. The standard InChI is InChI=1S/C21H22N4O2S/c1-21(2,3)13-23-18(26)14-6-8-15(9-7-14)19(27)25-20-24-17(12-28-20)16-5-4-10-22-11-16/h4-12H,13H2,1-3H3,(H,23,26)(H,24,25,27). The largest absolute Gasteiger partial charge is 0.352 e. The van der Waals surface area contributed by atoms with Crippen LogP contribution < -0.4 is 10.6 Å². The Morgan fingerprint density at radius 1 is 1.04 bits per heavy atom. The van der Waals surface area contributed by atoms with Crippen molar-refractivity contribution in [2.75, 3.05) is 11.9 Å². The van der Waals surface area contributed by atoms with Crippen LogP contribution in [0.2, 0.25) is 0 Å². The Morgan fingerprint density at radius 3 is 2.32 bits per heavy atom. The highest BCUT2D eigenvalue weighted by Crippen LogP contribution is 2.24. The van der Waals surface area contributed by atoms with Crippen LogP contribution in [-0.4, -0.2) is 28.3 Å². The molecule has 0 aliphatic carbocycles. The highest BCUT2D eigenvalue weighted by atomic mass is 32.1. The second kappa shape index (κ2) is 8.31. The molecule has 0 saturated heterocycles. The molecule has 0 aliphatic rings.